The first-order valence-electron chi connectivity index (χ1n) is 10.7. The van der Waals surface area contributed by atoms with Gasteiger partial charge in [0.25, 0.3) is 0 Å². The molecule has 1 saturated heterocycles. The number of aryl methyl sites for hydroxylation is 1. The van der Waals surface area contributed by atoms with Gasteiger partial charge in [-0.1, -0.05) is 65.8 Å². The summed E-state index contributed by atoms with van der Waals surface area (Å²) in [5.74, 6) is 0.461. The number of carbonyl (C=O) groups is 2. The lowest BCUT2D eigenvalue weighted by molar-refractivity contribution is -0.138. The van der Waals surface area contributed by atoms with E-state index in [9.17, 15) is 14.7 Å². The van der Waals surface area contributed by atoms with Gasteiger partial charge in [-0.15, -0.1) is 0 Å². The van der Waals surface area contributed by atoms with Gasteiger partial charge in [0, 0.05) is 38.0 Å². The van der Waals surface area contributed by atoms with E-state index in [2.05, 4.69) is 10.1 Å². The molecule has 0 radical (unpaired) electrons. The maximum Gasteiger partial charge on any atom is 0.242 e. The summed E-state index contributed by atoms with van der Waals surface area (Å²) < 4.78 is 5.26. The molecule has 0 aliphatic carbocycles. The molecule has 1 aliphatic heterocycles. The van der Waals surface area contributed by atoms with E-state index in [1.165, 1.54) is 4.90 Å². The van der Waals surface area contributed by atoms with Crippen LogP contribution in [0.25, 0.3) is 11.4 Å². The normalized spacial score (nSPS) is 16.8. The molecule has 3 aromatic rings. The van der Waals surface area contributed by atoms with E-state index in [1.807, 2.05) is 60.7 Å². The molecule has 0 spiro atoms. The van der Waals surface area contributed by atoms with Gasteiger partial charge in [-0.05, 0) is 12.0 Å². The van der Waals surface area contributed by atoms with Crippen LogP contribution in [0, 0.1) is 0 Å². The molecule has 4 rings (SSSR count). The highest BCUT2D eigenvalue weighted by molar-refractivity contribution is 5.85. The Bertz CT molecular complexity index is 1040. The summed E-state index contributed by atoms with van der Waals surface area (Å²) in [5.41, 5.74) is 1.96. The van der Waals surface area contributed by atoms with Crippen molar-refractivity contribution in [3.8, 4) is 11.4 Å². The Labute approximate surface area is 186 Å². The monoisotopic (exact) mass is 434 g/mol. The second kappa shape index (κ2) is 10.2. The molecule has 166 valence electrons. The van der Waals surface area contributed by atoms with Gasteiger partial charge in [-0.2, -0.15) is 4.98 Å². The molecule has 2 aromatic carbocycles. The minimum Gasteiger partial charge on any atom is -0.389 e. The van der Waals surface area contributed by atoms with Gasteiger partial charge in [-0.25, -0.2) is 0 Å². The van der Waals surface area contributed by atoms with Crippen LogP contribution in [0.5, 0.6) is 0 Å². The van der Waals surface area contributed by atoms with Crippen molar-refractivity contribution in [2.45, 2.75) is 25.4 Å². The standard InChI is InChI=1S/C24H26N4O4/c29-20-15-27(14-13-18-7-3-1-4-8-18)23(31)17-28(16-20)22(30)12-11-21-25-24(26-32-21)19-9-5-2-6-10-19/h1-10,20,29H,11-17H2. The summed E-state index contributed by atoms with van der Waals surface area (Å²) in [4.78, 5) is 32.8. The first kappa shape index (κ1) is 21.7. The maximum atomic E-state index is 12.7. The fourth-order valence-electron chi connectivity index (χ4n) is 3.74. The predicted octanol–water partition coefficient (Wildman–Crippen LogP) is 1.94. The lowest BCUT2D eigenvalue weighted by Gasteiger charge is -2.21. The highest BCUT2D eigenvalue weighted by atomic mass is 16.5. The van der Waals surface area contributed by atoms with Gasteiger partial charge in [-0.3, -0.25) is 9.59 Å². The molecule has 1 aromatic heterocycles. The predicted molar refractivity (Wildman–Crippen MR) is 117 cm³/mol. The van der Waals surface area contributed by atoms with Crippen LogP contribution in [0.4, 0.5) is 0 Å². The largest absolute Gasteiger partial charge is 0.389 e. The number of β-amino-alcohol motifs (C(OH)–C–C–N with tert-alkyl or cyclic N) is 1. The van der Waals surface area contributed by atoms with Crippen molar-refractivity contribution in [2.24, 2.45) is 0 Å². The molecule has 2 heterocycles. The first-order valence-corrected chi connectivity index (χ1v) is 10.7. The maximum absolute atomic E-state index is 12.7. The lowest BCUT2D eigenvalue weighted by atomic mass is 10.1. The fourth-order valence-corrected chi connectivity index (χ4v) is 3.74. The third kappa shape index (κ3) is 5.59. The zero-order valence-electron chi connectivity index (χ0n) is 17.8. The van der Waals surface area contributed by atoms with E-state index >= 15 is 0 Å². The van der Waals surface area contributed by atoms with Crippen molar-refractivity contribution < 1.29 is 19.2 Å². The van der Waals surface area contributed by atoms with E-state index < -0.39 is 6.10 Å². The number of nitrogens with zero attached hydrogens (tertiary/aromatic N) is 4. The molecular formula is C24H26N4O4. The number of rotatable bonds is 7. The SMILES string of the molecule is O=C1CN(C(=O)CCc2nc(-c3ccccc3)no2)CC(O)CN1CCc1ccccc1. The van der Waals surface area contributed by atoms with Gasteiger partial charge in [0.05, 0.1) is 12.6 Å². The second-order valence-electron chi connectivity index (χ2n) is 7.88. The third-order valence-corrected chi connectivity index (χ3v) is 5.46. The molecule has 32 heavy (non-hydrogen) atoms. The van der Waals surface area contributed by atoms with E-state index in [1.54, 1.807) is 4.90 Å². The number of benzene rings is 2. The molecule has 1 atom stereocenters. The van der Waals surface area contributed by atoms with Crippen molar-refractivity contribution in [3.63, 3.8) is 0 Å². The van der Waals surface area contributed by atoms with E-state index in [-0.39, 0.29) is 44.3 Å². The van der Waals surface area contributed by atoms with E-state index in [0.29, 0.717) is 24.7 Å². The van der Waals surface area contributed by atoms with Crippen LogP contribution >= 0.6 is 0 Å². The molecule has 0 saturated carbocycles. The van der Waals surface area contributed by atoms with E-state index in [4.69, 9.17) is 4.52 Å². The average molecular weight is 434 g/mol. The van der Waals surface area contributed by atoms with Crippen molar-refractivity contribution >= 4 is 11.8 Å². The van der Waals surface area contributed by atoms with Crippen LogP contribution < -0.4 is 0 Å². The quantitative estimate of drug-likeness (QED) is 0.610. The molecule has 1 N–H and O–H groups in total. The first-order chi connectivity index (χ1) is 15.6. The van der Waals surface area contributed by atoms with Crippen LogP contribution in [0.3, 0.4) is 0 Å². The molecular weight excluding hydrogens is 408 g/mol. The number of carbonyl (C=O) groups excluding carboxylic acids is 2. The van der Waals surface area contributed by atoms with Crippen LogP contribution in [0.2, 0.25) is 0 Å². The fraction of sp³-hybridized carbons (Fsp3) is 0.333. The van der Waals surface area contributed by atoms with Gasteiger partial charge >= 0.3 is 0 Å². The number of aliphatic hydroxyl groups is 1. The zero-order chi connectivity index (χ0) is 22.3. The molecule has 1 unspecified atom stereocenters. The molecule has 0 bridgehead atoms. The summed E-state index contributed by atoms with van der Waals surface area (Å²) in [6.45, 7) is 0.820. The van der Waals surface area contributed by atoms with Gasteiger partial charge in [0.2, 0.25) is 23.5 Å². The van der Waals surface area contributed by atoms with Gasteiger partial charge in [0.1, 0.15) is 0 Å². The Morgan fingerprint density at radius 3 is 2.50 bits per heavy atom. The summed E-state index contributed by atoms with van der Waals surface area (Å²) in [7, 11) is 0. The summed E-state index contributed by atoms with van der Waals surface area (Å²) in [6, 6.07) is 19.3. The zero-order valence-corrected chi connectivity index (χ0v) is 17.8. The molecule has 1 fully saturated rings. The van der Waals surface area contributed by atoms with Crippen LogP contribution in [0.1, 0.15) is 17.9 Å². The highest BCUT2D eigenvalue weighted by Crippen LogP contribution is 2.16. The minimum absolute atomic E-state index is 0.0379. The van der Waals surface area contributed by atoms with Crippen molar-refractivity contribution in [1.82, 2.24) is 19.9 Å². The number of hydrogen-bond donors (Lipinski definition) is 1. The number of amides is 2. The lowest BCUT2D eigenvalue weighted by Crippen LogP contribution is -2.40. The summed E-state index contributed by atoms with van der Waals surface area (Å²) in [6.07, 6.45) is 0.320. The van der Waals surface area contributed by atoms with Crippen molar-refractivity contribution in [3.05, 3.63) is 72.1 Å². The number of aliphatic hydroxyl groups excluding tert-OH is 1. The molecule has 8 heteroatoms. The second-order valence-corrected chi connectivity index (χ2v) is 7.88. The Kier molecular flexibility index (Phi) is 6.91. The van der Waals surface area contributed by atoms with E-state index in [0.717, 1.165) is 11.1 Å². The Morgan fingerprint density at radius 1 is 1.03 bits per heavy atom. The average Bonchev–Trinajstić information content (AvgIpc) is 3.24. The number of hydrogen-bond acceptors (Lipinski definition) is 6. The molecule has 8 nitrogen and oxygen atoms in total. The van der Waals surface area contributed by atoms with Crippen LogP contribution in [0.15, 0.2) is 65.2 Å². The topological polar surface area (TPSA) is 99.8 Å². The number of aromatic nitrogens is 2. The summed E-state index contributed by atoms with van der Waals surface area (Å²) >= 11 is 0. The minimum atomic E-state index is -0.783. The van der Waals surface area contributed by atoms with Crippen LogP contribution in [-0.4, -0.2) is 69.1 Å². The Balaban J connectivity index is 1.31. The van der Waals surface area contributed by atoms with Crippen molar-refractivity contribution in [2.75, 3.05) is 26.2 Å². The third-order valence-electron chi connectivity index (χ3n) is 5.46. The van der Waals surface area contributed by atoms with Crippen molar-refractivity contribution in [1.29, 1.82) is 0 Å². The highest BCUT2D eigenvalue weighted by Gasteiger charge is 2.29. The Hall–Kier alpha value is -3.52. The van der Waals surface area contributed by atoms with Crippen LogP contribution in [-0.2, 0) is 22.4 Å². The van der Waals surface area contributed by atoms with Gasteiger partial charge < -0.3 is 19.4 Å². The smallest absolute Gasteiger partial charge is 0.242 e. The Morgan fingerprint density at radius 2 is 1.75 bits per heavy atom. The molecule has 1 aliphatic rings. The summed E-state index contributed by atoms with van der Waals surface area (Å²) in [5, 5.41) is 14.3. The van der Waals surface area contributed by atoms with Gasteiger partial charge in [0.15, 0.2) is 0 Å². The molecule has 2 amide bonds.